The molecule has 6 rings (SSSR count). The lowest BCUT2D eigenvalue weighted by Crippen LogP contribution is -2.15. The minimum atomic E-state index is -1.09. The summed E-state index contributed by atoms with van der Waals surface area (Å²) in [5.41, 5.74) is 2.84. The Balaban J connectivity index is 1.46. The number of benzene rings is 1. The van der Waals surface area contributed by atoms with E-state index >= 15 is 4.39 Å². The monoisotopic (exact) mass is 467 g/mol. The third-order valence-corrected chi connectivity index (χ3v) is 6.21. The summed E-state index contributed by atoms with van der Waals surface area (Å²) < 4.78 is 32.0. The molecular weight excluding hydrogens is 452 g/mol. The first-order chi connectivity index (χ1) is 15.9. The van der Waals surface area contributed by atoms with Crippen LogP contribution in [0.5, 0.6) is 0 Å². The van der Waals surface area contributed by atoms with Gasteiger partial charge in [-0.1, -0.05) is 11.6 Å². The number of hydrogen-bond acceptors (Lipinski definition) is 4. The van der Waals surface area contributed by atoms with E-state index in [0.29, 0.717) is 27.8 Å². The highest BCUT2D eigenvalue weighted by atomic mass is 35.5. The number of aromatic nitrogens is 6. The van der Waals surface area contributed by atoms with Gasteiger partial charge in [0.2, 0.25) is 5.91 Å². The molecule has 1 aliphatic rings. The van der Waals surface area contributed by atoms with Crippen molar-refractivity contribution >= 4 is 39.9 Å². The Labute approximate surface area is 190 Å². The lowest BCUT2D eigenvalue weighted by molar-refractivity contribution is -0.117. The largest absolute Gasteiger partial charge is 0.317 e. The van der Waals surface area contributed by atoms with Crippen LogP contribution in [-0.4, -0.2) is 41.2 Å². The molecule has 1 fully saturated rings. The molecule has 8 nitrogen and oxygen atoms in total. The van der Waals surface area contributed by atoms with Crippen molar-refractivity contribution < 1.29 is 13.6 Å². The van der Waals surface area contributed by atoms with Crippen molar-refractivity contribution in [2.75, 3.05) is 5.32 Å². The number of carbonyl (C=O) groups excluding carboxylic acids is 1. The van der Waals surface area contributed by atoms with Crippen LogP contribution in [0.3, 0.4) is 0 Å². The highest BCUT2D eigenvalue weighted by Gasteiger charge is 2.43. The Morgan fingerprint density at radius 3 is 2.88 bits per heavy atom. The Bertz CT molecular complexity index is 1570. The van der Waals surface area contributed by atoms with Gasteiger partial charge >= 0.3 is 0 Å². The number of alkyl halides is 1. The van der Waals surface area contributed by atoms with Gasteiger partial charge in [0.15, 0.2) is 17.3 Å². The van der Waals surface area contributed by atoms with Gasteiger partial charge in [0, 0.05) is 29.0 Å². The van der Waals surface area contributed by atoms with Gasteiger partial charge in [-0.3, -0.25) is 14.9 Å². The van der Waals surface area contributed by atoms with E-state index in [9.17, 15) is 9.18 Å². The maximum absolute atomic E-state index is 15.5. The summed E-state index contributed by atoms with van der Waals surface area (Å²) in [6.07, 6.45) is 7.18. The molecule has 0 bridgehead atoms. The van der Waals surface area contributed by atoms with Crippen LogP contribution in [0.4, 0.5) is 14.6 Å². The molecule has 166 valence electrons. The molecule has 1 amide bonds. The van der Waals surface area contributed by atoms with Crippen LogP contribution in [0, 0.1) is 18.7 Å². The maximum atomic E-state index is 15.5. The van der Waals surface area contributed by atoms with Crippen molar-refractivity contribution in [3.05, 3.63) is 59.7 Å². The molecule has 1 aliphatic carbocycles. The van der Waals surface area contributed by atoms with Gasteiger partial charge in [0.25, 0.3) is 0 Å². The topological polar surface area (TPSA) is 92.9 Å². The molecule has 1 saturated carbocycles. The summed E-state index contributed by atoms with van der Waals surface area (Å²) in [7, 11) is 0. The third-order valence-electron chi connectivity index (χ3n) is 5.86. The standard InChI is InChI=1S/C22H16ClF2N7O/c1-10-3-2-4-32(10)21-19(25)18(23)17(12-6-27-30-20(12)21)14-8-31-9-15(28-16(31)7-26-14)29-22(33)11-5-13(11)24/h2-4,6-9,11,13H,5H2,1H3,(H,27,30)(H,29,33). The molecule has 2 N–H and O–H groups in total. The van der Waals surface area contributed by atoms with E-state index < -0.39 is 23.8 Å². The summed E-state index contributed by atoms with van der Waals surface area (Å²) in [5.74, 6) is -1.35. The number of fused-ring (bicyclic) bond motifs is 2. The second kappa shape index (κ2) is 7.11. The van der Waals surface area contributed by atoms with Gasteiger partial charge in [0.05, 0.1) is 40.7 Å². The van der Waals surface area contributed by atoms with E-state index in [1.165, 1.54) is 6.20 Å². The molecular formula is C22H16ClF2N7O. The molecule has 5 aromatic rings. The van der Waals surface area contributed by atoms with E-state index in [1.807, 2.05) is 19.1 Å². The fourth-order valence-electron chi connectivity index (χ4n) is 4.03. The molecule has 4 heterocycles. The fourth-order valence-corrected chi connectivity index (χ4v) is 4.32. The van der Waals surface area contributed by atoms with Crippen LogP contribution in [-0.2, 0) is 4.79 Å². The number of amides is 1. The van der Waals surface area contributed by atoms with Crippen molar-refractivity contribution in [3.63, 3.8) is 0 Å². The Kier molecular flexibility index (Phi) is 4.28. The minimum absolute atomic E-state index is 0.0878. The summed E-state index contributed by atoms with van der Waals surface area (Å²) in [5, 5.41) is 10.1. The highest BCUT2D eigenvalue weighted by molar-refractivity contribution is 6.35. The van der Waals surface area contributed by atoms with Crippen LogP contribution < -0.4 is 5.32 Å². The van der Waals surface area contributed by atoms with Crippen molar-refractivity contribution in [1.82, 2.24) is 29.1 Å². The third kappa shape index (κ3) is 3.09. The number of aromatic amines is 1. The SMILES string of the molecule is Cc1cccn1-c1c(F)c(Cl)c(-c2cn3cc(NC(=O)C4CC4F)nc3cn2)c2cn[nH]c12. The summed E-state index contributed by atoms with van der Waals surface area (Å²) >= 11 is 6.53. The number of H-pyrrole nitrogens is 1. The first-order valence-corrected chi connectivity index (χ1v) is 10.6. The quantitative estimate of drug-likeness (QED) is 0.408. The molecule has 0 spiro atoms. The zero-order valence-electron chi connectivity index (χ0n) is 17.2. The number of nitrogens with zero attached hydrogens (tertiary/aromatic N) is 5. The number of hydrogen-bond donors (Lipinski definition) is 2. The number of aryl methyl sites for hydroxylation is 1. The Morgan fingerprint density at radius 1 is 1.33 bits per heavy atom. The molecule has 0 radical (unpaired) electrons. The van der Waals surface area contributed by atoms with Crippen molar-refractivity contribution in [3.8, 4) is 16.9 Å². The number of anilines is 1. The summed E-state index contributed by atoms with van der Waals surface area (Å²) in [6.45, 7) is 1.87. The van der Waals surface area contributed by atoms with Crippen LogP contribution in [0.15, 0.2) is 43.1 Å². The molecule has 0 saturated heterocycles. The lowest BCUT2D eigenvalue weighted by Gasteiger charge is -2.14. The van der Waals surface area contributed by atoms with Gasteiger partial charge in [0.1, 0.15) is 11.9 Å². The smallest absolute Gasteiger partial charge is 0.231 e. The van der Waals surface area contributed by atoms with E-state index in [4.69, 9.17) is 11.6 Å². The van der Waals surface area contributed by atoms with Crippen molar-refractivity contribution in [1.29, 1.82) is 0 Å². The average Bonchev–Trinajstić information content (AvgIpc) is 3.16. The van der Waals surface area contributed by atoms with Gasteiger partial charge in [-0.2, -0.15) is 5.10 Å². The lowest BCUT2D eigenvalue weighted by atomic mass is 10.1. The molecule has 2 atom stereocenters. The van der Waals surface area contributed by atoms with Crippen LogP contribution in [0.25, 0.3) is 33.5 Å². The number of imidazole rings is 1. The van der Waals surface area contributed by atoms with E-state index in [0.717, 1.165) is 5.69 Å². The predicted molar refractivity (Wildman–Crippen MR) is 119 cm³/mol. The molecule has 4 aromatic heterocycles. The van der Waals surface area contributed by atoms with E-state index in [2.05, 4.69) is 25.5 Å². The van der Waals surface area contributed by atoms with Gasteiger partial charge < -0.3 is 14.3 Å². The second-order valence-corrected chi connectivity index (χ2v) is 8.42. The Hall–Kier alpha value is -3.79. The second-order valence-electron chi connectivity index (χ2n) is 8.04. The first-order valence-electron chi connectivity index (χ1n) is 10.2. The minimum Gasteiger partial charge on any atom is -0.317 e. The molecule has 1 aromatic carbocycles. The van der Waals surface area contributed by atoms with E-state index in [1.54, 1.807) is 33.8 Å². The van der Waals surface area contributed by atoms with Gasteiger partial charge in [-0.15, -0.1) is 0 Å². The maximum Gasteiger partial charge on any atom is 0.231 e. The van der Waals surface area contributed by atoms with Gasteiger partial charge in [-0.05, 0) is 25.5 Å². The van der Waals surface area contributed by atoms with Crippen molar-refractivity contribution in [2.24, 2.45) is 5.92 Å². The zero-order valence-corrected chi connectivity index (χ0v) is 17.9. The predicted octanol–water partition coefficient (Wildman–Crippen LogP) is 4.46. The number of rotatable bonds is 4. The molecule has 0 aliphatic heterocycles. The Morgan fingerprint density at radius 2 is 2.15 bits per heavy atom. The summed E-state index contributed by atoms with van der Waals surface area (Å²) in [6, 6.07) is 3.69. The fraction of sp³-hybridized carbons (Fsp3) is 0.182. The molecule has 11 heteroatoms. The molecule has 33 heavy (non-hydrogen) atoms. The molecule has 2 unspecified atom stereocenters. The van der Waals surface area contributed by atoms with Gasteiger partial charge in [-0.25, -0.2) is 13.8 Å². The zero-order chi connectivity index (χ0) is 22.9. The summed E-state index contributed by atoms with van der Waals surface area (Å²) in [4.78, 5) is 20.7. The normalized spacial score (nSPS) is 17.7. The van der Waals surface area contributed by atoms with Crippen LogP contribution in [0.1, 0.15) is 12.1 Å². The van der Waals surface area contributed by atoms with E-state index in [-0.39, 0.29) is 22.9 Å². The average molecular weight is 468 g/mol. The number of carbonyl (C=O) groups is 1. The van der Waals surface area contributed by atoms with Crippen LogP contribution in [0.2, 0.25) is 5.02 Å². The number of nitrogens with one attached hydrogen (secondary N) is 2. The van der Waals surface area contributed by atoms with Crippen LogP contribution >= 0.6 is 11.6 Å². The number of halogens is 3. The van der Waals surface area contributed by atoms with Crippen molar-refractivity contribution in [2.45, 2.75) is 19.5 Å². The first kappa shape index (κ1) is 19.9. The highest BCUT2D eigenvalue weighted by Crippen LogP contribution is 2.40.